The van der Waals surface area contributed by atoms with Crippen molar-refractivity contribution in [3.05, 3.63) is 30.6 Å². The zero-order valence-electron chi connectivity index (χ0n) is 14.5. The van der Waals surface area contributed by atoms with Crippen LogP contribution in [0.15, 0.2) is 30.6 Å². The number of hydrogen-bond acceptors (Lipinski definition) is 0. The summed E-state index contributed by atoms with van der Waals surface area (Å²) in [5.41, 5.74) is 0. The van der Waals surface area contributed by atoms with Gasteiger partial charge in [0.2, 0.25) is 0 Å². The van der Waals surface area contributed by atoms with E-state index >= 15 is 0 Å². The molecular formula is C15H13F13IN. The first-order valence-electron chi connectivity index (χ1n) is 7.64. The molecule has 0 saturated heterocycles. The molecule has 0 fully saturated rings. The summed E-state index contributed by atoms with van der Waals surface area (Å²) in [4.78, 5) is 0. The third-order valence-electron chi connectivity index (χ3n) is 3.72. The summed E-state index contributed by atoms with van der Waals surface area (Å²) < 4.78 is 169. The minimum Gasteiger partial charge on any atom is -1.00 e. The molecule has 0 spiro atoms. The first-order chi connectivity index (χ1) is 12.7. The summed E-state index contributed by atoms with van der Waals surface area (Å²) in [5.74, 6) is -31.1. The van der Waals surface area contributed by atoms with Gasteiger partial charge in [0.25, 0.3) is 11.8 Å². The third kappa shape index (κ3) is 6.73. The van der Waals surface area contributed by atoms with Crippen molar-refractivity contribution in [1.82, 2.24) is 0 Å². The molecule has 15 heteroatoms. The standard InChI is InChI=1S/C15H13F13N.HI/c16-10(17,4-7-29-5-2-1-3-6-29)8-11(18,19)9-12(20,21)13(22,23)14(24,25)15(26,27)28;/h1-3,5-6H,4,7-9H2;1H/q+1;/p-1. The molecule has 0 amide bonds. The summed E-state index contributed by atoms with van der Waals surface area (Å²) in [5, 5.41) is 0. The lowest BCUT2D eigenvalue weighted by atomic mass is 9.94. The Kier molecular flexibility index (Phi) is 8.91. The molecule has 0 radical (unpaired) electrons. The minimum absolute atomic E-state index is 0. The van der Waals surface area contributed by atoms with Crippen LogP contribution in [0.1, 0.15) is 19.3 Å². The van der Waals surface area contributed by atoms with Gasteiger partial charge in [0.05, 0.1) is 19.3 Å². The highest BCUT2D eigenvalue weighted by Gasteiger charge is 2.82. The predicted octanol–water partition coefficient (Wildman–Crippen LogP) is 2.89. The van der Waals surface area contributed by atoms with E-state index in [0.717, 1.165) is 4.57 Å². The lowest BCUT2D eigenvalue weighted by molar-refractivity contribution is -0.699. The largest absolute Gasteiger partial charge is 1.00 e. The van der Waals surface area contributed by atoms with Crippen LogP contribution >= 0.6 is 0 Å². The molecule has 0 aromatic carbocycles. The van der Waals surface area contributed by atoms with Gasteiger partial charge >= 0.3 is 23.9 Å². The molecule has 1 heterocycles. The van der Waals surface area contributed by atoms with Crippen LogP contribution in [0.25, 0.3) is 0 Å². The first kappa shape index (κ1) is 29.0. The van der Waals surface area contributed by atoms with E-state index in [1.54, 1.807) is 0 Å². The Balaban J connectivity index is 0.00000841. The quantitative estimate of drug-likeness (QED) is 0.240. The van der Waals surface area contributed by atoms with Gasteiger partial charge in [-0.1, -0.05) is 6.07 Å². The van der Waals surface area contributed by atoms with Gasteiger partial charge in [-0.2, -0.15) is 39.5 Å². The van der Waals surface area contributed by atoms with Crippen LogP contribution in [-0.2, 0) is 6.54 Å². The van der Waals surface area contributed by atoms with E-state index in [-0.39, 0.29) is 24.0 Å². The second-order valence-corrected chi connectivity index (χ2v) is 6.28. The van der Waals surface area contributed by atoms with Crippen molar-refractivity contribution in [2.75, 3.05) is 0 Å². The molecule has 1 rings (SSSR count). The van der Waals surface area contributed by atoms with E-state index in [4.69, 9.17) is 0 Å². The fourth-order valence-corrected chi connectivity index (χ4v) is 2.25. The molecule has 0 unspecified atom stereocenters. The molecule has 0 atom stereocenters. The van der Waals surface area contributed by atoms with Crippen molar-refractivity contribution in [3.8, 4) is 0 Å². The summed E-state index contributed by atoms with van der Waals surface area (Å²) in [6.45, 7) is -0.595. The topological polar surface area (TPSA) is 3.88 Å². The van der Waals surface area contributed by atoms with Crippen LogP contribution in [-0.4, -0.2) is 35.8 Å². The number of aromatic nitrogens is 1. The molecule has 30 heavy (non-hydrogen) atoms. The van der Waals surface area contributed by atoms with Crippen LogP contribution in [0.2, 0.25) is 0 Å². The Hall–Kier alpha value is -1.03. The molecule has 1 aromatic rings. The Morgan fingerprint density at radius 3 is 1.47 bits per heavy atom. The van der Waals surface area contributed by atoms with Crippen molar-refractivity contribution in [1.29, 1.82) is 0 Å². The molecule has 176 valence electrons. The lowest BCUT2D eigenvalue weighted by Gasteiger charge is -2.35. The Morgan fingerprint density at radius 1 is 0.567 bits per heavy atom. The molecule has 0 bridgehead atoms. The summed E-state index contributed by atoms with van der Waals surface area (Å²) in [6.07, 6.45) is -12.4. The van der Waals surface area contributed by atoms with E-state index < -0.39 is 61.6 Å². The van der Waals surface area contributed by atoms with Gasteiger partial charge in [-0.15, -0.1) is 0 Å². The predicted molar refractivity (Wildman–Crippen MR) is 71.3 cm³/mol. The van der Waals surface area contributed by atoms with E-state index in [2.05, 4.69) is 0 Å². The molecule has 1 nitrogen and oxygen atoms in total. The summed E-state index contributed by atoms with van der Waals surface area (Å²) >= 11 is 0. The second-order valence-electron chi connectivity index (χ2n) is 6.28. The summed E-state index contributed by atoms with van der Waals surface area (Å²) in [7, 11) is 0. The van der Waals surface area contributed by atoms with Crippen molar-refractivity contribution in [2.24, 2.45) is 0 Å². The smallest absolute Gasteiger partial charge is 0.460 e. The molecule has 1 aromatic heterocycles. The molecule has 0 aliphatic carbocycles. The van der Waals surface area contributed by atoms with E-state index in [1.807, 2.05) is 0 Å². The highest BCUT2D eigenvalue weighted by atomic mass is 127. The average molecular weight is 581 g/mol. The maximum absolute atomic E-state index is 13.6. The molecule has 0 aliphatic heterocycles. The summed E-state index contributed by atoms with van der Waals surface area (Å²) in [6, 6.07) is 4.26. The minimum atomic E-state index is -7.37. The van der Waals surface area contributed by atoms with Gasteiger partial charge in [0.15, 0.2) is 18.9 Å². The van der Waals surface area contributed by atoms with Crippen LogP contribution in [0, 0.1) is 0 Å². The highest BCUT2D eigenvalue weighted by molar-refractivity contribution is 5.02. The van der Waals surface area contributed by atoms with Gasteiger partial charge in [0.1, 0.15) is 0 Å². The molecular weight excluding hydrogens is 568 g/mol. The highest BCUT2D eigenvalue weighted by Crippen LogP contribution is 2.56. The maximum Gasteiger partial charge on any atom is 0.460 e. The first-order valence-corrected chi connectivity index (χ1v) is 7.64. The Bertz CT molecular complexity index is 673. The number of rotatable bonds is 9. The molecule has 0 saturated carbocycles. The normalized spacial score (nSPS) is 14.4. The second kappa shape index (κ2) is 9.22. The lowest BCUT2D eigenvalue weighted by Crippen LogP contribution is -3.00. The number of halogens is 14. The van der Waals surface area contributed by atoms with Crippen LogP contribution < -0.4 is 28.5 Å². The zero-order chi connectivity index (χ0) is 22.9. The number of aryl methyl sites for hydroxylation is 1. The van der Waals surface area contributed by atoms with E-state index in [1.165, 1.54) is 30.6 Å². The number of alkyl halides is 13. The molecule has 0 aliphatic rings. The third-order valence-corrected chi connectivity index (χ3v) is 3.72. The fraction of sp³-hybridized carbons (Fsp3) is 0.667. The Labute approximate surface area is 178 Å². The van der Waals surface area contributed by atoms with E-state index in [9.17, 15) is 57.1 Å². The van der Waals surface area contributed by atoms with Gasteiger partial charge in [0, 0.05) is 12.1 Å². The van der Waals surface area contributed by atoms with Gasteiger partial charge in [-0.3, -0.25) is 0 Å². The number of nitrogens with zero attached hydrogens (tertiary/aromatic N) is 1. The number of hydrogen-bond donors (Lipinski definition) is 0. The van der Waals surface area contributed by atoms with Gasteiger partial charge < -0.3 is 24.0 Å². The van der Waals surface area contributed by atoms with Crippen molar-refractivity contribution in [2.45, 2.75) is 61.6 Å². The number of pyridine rings is 1. The fourth-order valence-electron chi connectivity index (χ4n) is 2.25. The van der Waals surface area contributed by atoms with Gasteiger partial charge in [-0.25, -0.2) is 22.1 Å². The SMILES string of the molecule is FC(F)(CC[n+]1ccccc1)CC(F)(F)CC(F)(F)C(F)(F)C(F)(F)C(F)(F)F.[I-]. The van der Waals surface area contributed by atoms with Crippen LogP contribution in [0.5, 0.6) is 0 Å². The monoisotopic (exact) mass is 581 g/mol. The van der Waals surface area contributed by atoms with E-state index in [0.29, 0.717) is 0 Å². The zero-order valence-corrected chi connectivity index (χ0v) is 16.6. The average Bonchev–Trinajstić information content (AvgIpc) is 2.50. The van der Waals surface area contributed by atoms with Crippen molar-refractivity contribution in [3.63, 3.8) is 0 Å². The van der Waals surface area contributed by atoms with Crippen LogP contribution in [0.3, 0.4) is 0 Å². The Morgan fingerprint density at radius 2 is 1.03 bits per heavy atom. The van der Waals surface area contributed by atoms with Crippen molar-refractivity contribution < 1.29 is 85.6 Å². The van der Waals surface area contributed by atoms with Crippen molar-refractivity contribution >= 4 is 0 Å². The maximum atomic E-state index is 13.6. The van der Waals surface area contributed by atoms with Crippen LogP contribution in [0.4, 0.5) is 57.1 Å². The molecule has 0 N–H and O–H groups in total. The van der Waals surface area contributed by atoms with Gasteiger partial charge in [-0.05, 0) is 0 Å².